The molecular weight excluding hydrogens is 410 g/mol. The number of amides is 2. The summed E-state index contributed by atoms with van der Waals surface area (Å²) in [6.07, 6.45) is 1.22. The normalized spacial score (nSPS) is 15.9. The van der Waals surface area contributed by atoms with Gasteiger partial charge < -0.3 is 19.7 Å². The van der Waals surface area contributed by atoms with E-state index in [0.29, 0.717) is 54.3 Å². The van der Waals surface area contributed by atoms with E-state index in [1.165, 1.54) is 0 Å². The van der Waals surface area contributed by atoms with Crippen molar-refractivity contribution in [1.82, 2.24) is 19.7 Å². The van der Waals surface area contributed by atoms with E-state index >= 15 is 0 Å². The molecule has 32 heavy (non-hydrogen) atoms. The lowest BCUT2D eigenvalue weighted by atomic mass is 9.95. The van der Waals surface area contributed by atoms with Gasteiger partial charge in [0.1, 0.15) is 0 Å². The van der Waals surface area contributed by atoms with Crippen molar-refractivity contribution in [2.24, 2.45) is 13.0 Å². The zero-order chi connectivity index (χ0) is 22.4. The molecule has 1 saturated heterocycles. The molecule has 0 radical (unpaired) electrons. The van der Waals surface area contributed by atoms with E-state index in [9.17, 15) is 9.59 Å². The molecule has 1 aromatic carbocycles. The van der Waals surface area contributed by atoms with Crippen molar-refractivity contribution in [3.8, 4) is 11.5 Å². The number of anilines is 1. The zero-order valence-electron chi connectivity index (χ0n) is 18.3. The highest BCUT2D eigenvalue weighted by Gasteiger charge is 2.30. The third kappa shape index (κ3) is 3.53. The molecule has 3 aromatic rings. The molecule has 2 amide bonds. The Morgan fingerprint density at radius 2 is 1.84 bits per heavy atom. The van der Waals surface area contributed by atoms with E-state index in [2.05, 4.69) is 15.4 Å². The van der Waals surface area contributed by atoms with Crippen LogP contribution in [0.25, 0.3) is 11.0 Å². The Balaban J connectivity index is 1.26. The van der Waals surface area contributed by atoms with Crippen LogP contribution in [0.5, 0.6) is 11.5 Å². The number of carbonyl (C=O) groups is 2. The summed E-state index contributed by atoms with van der Waals surface area (Å²) in [6, 6.07) is 7.19. The molecule has 1 fully saturated rings. The topological polar surface area (TPSA) is 98.6 Å². The van der Waals surface area contributed by atoms with E-state index in [4.69, 9.17) is 9.47 Å². The Labute approximate surface area is 185 Å². The lowest BCUT2D eigenvalue weighted by Gasteiger charge is -2.31. The van der Waals surface area contributed by atoms with E-state index in [0.717, 1.165) is 16.8 Å². The van der Waals surface area contributed by atoms with Gasteiger partial charge in [0.05, 0.1) is 16.6 Å². The van der Waals surface area contributed by atoms with Crippen LogP contribution < -0.4 is 14.8 Å². The van der Waals surface area contributed by atoms with E-state index in [1.807, 2.05) is 31.9 Å². The number of benzene rings is 1. The van der Waals surface area contributed by atoms with Crippen LogP contribution in [0.2, 0.25) is 0 Å². The maximum atomic E-state index is 13.3. The third-order valence-corrected chi connectivity index (χ3v) is 6.12. The summed E-state index contributed by atoms with van der Waals surface area (Å²) in [7, 11) is 1.83. The standard InChI is InChI=1S/C23H25N5O4/c1-13-10-17(20-14(2)26-27(3)21(20)24-13)23(30)28-8-6-15(7-9-28)22(29)25-16-4-5-18-19(11-16)32-12-31-18/h4-5,10-11,15H,6-9,12H2,1-3H3,(H,25,29). The molecule has 166 valence electrons. The SMILES string of the molecule is Cc1cc(C(=O)N2CCC(C(=O)Nc3ccc4c(c3)OCO4)CC2)c2c(C)nn(C)c2n1. The number of nitrogens with one attached hydrogen (secondary N) is 1. The molecule has 5 rings (SSSR count). The van der Waals surface area contributed by atoms with E-state index < -0.39 is 0 Å². The Bertz CT molecular complexity index is 1230. The van der Waals surface area contributed by atoms with Crippen LogP contribution in [0.15, 0.2) is 24.3 Å². The van der Waals surface area contributed by atoms with Gasteiger partial charge in [0.25, 0.3) is 5.91 Å². The van der Waals surface area contributed by atoms with Gasteiger partial charge in [-0.1, -0.05) is 0 Å². The van der Waals surface area contributed by atoms with Gasteiger partial charge in [-0.2, -0.15) is 5.10 Å². The smallest absolute Gasteiger partial charge is 0.254 e. The lowest BCUT2D eigenvalue weighted by Crippen LogP contribution is -2.41. The summed E-state index contributed by atoms with van der Waals surface area (Å²) in [5.41, 5.74) is 3.59. The fourth-order valence-electron chi connectivity index (χ4n) is 4.47. The first kappa shape index (κ1) is 20.3. The number of nitrogens with zero attached hydrogens (tertiary/aromatic N) is 4. The number of piperidine rings is 1. The molecule has 4 heterocycles. The minimum Gasteiger partial charge on any atom is -0.454 e. The first-order chi connectivity index (χ1) is 15.4. The monoisotopic (exact) mass is 435 g/mol. The molecule has 2 aliphatic rings. The molecule has 0 unspecified atom stereocenters. The maximum Gasteiger partial charge on any atom is 0.254 e. The summed E-state index contributed by atoms with van der Waals surface area (Å²) in [6.45, 7) is 5.02. The molecule has 2 aliphatic heterocycles. The Morgan fingerprint density at radius 1 is 1.09 bits per heavy atom. The molecule has 2 aromatic heterocycles. The fraction of sp³-hybridized carbons (Fsp3) is 0.391. The number of hydrogen-bond donors (Lipinski definition) is 1. The highest BCUT2D eigenvalue weighted by Crippen LogP contribution is 2.34. The Hall–Kier alpha value is -3.62. The van der Waals surface area contributed by atoms with Crippen LogP contribution in [0.1, 0.15) is 34.6 Å². The van der Waals surface area contributed by atoms with Gasteiger partial charge in [0, 0.05) is 43.5 Å². The number of carbonyl (C=O) groups excluding carboxylic acids is 2. The van der Waals surface area contributed by atoms with Crippen molar-refractivity contribution in [2.45, 2.75) is 26.7 Å². The predicted molar refractivity (Wildman–Crippen MR) is 118 cm³/mol. The number of rotatable bonds is 3. The summed E-state index contributed by atoms with van der Waals surface area (Å²) in [5, 5.41) is 8.19. The van der Waals surface area contributed by atoms with Crippen LogP contribution in [-0.2, 0) is 11.8 Å². The number of aromatic nitrogens is 3. The minimum absolute atomic E-state index is 0.0359. The first-order valence-electron chi connectivity index (χ1n) is 10.7. The summed E-state index contributed by atoms with van der Waals surface area (Å²) < 4.78 is 12.4. The van der Waals surface area contributed by atoms with Crippen molar-refractivity contribution in [3.05, 3.63) is 41.2 Å². The molecule has 0 aliphatic carbocycles. The largest absolute Gasteiger partial charge is 0.454 e. The zero-order valence-corrected chi connectivity index (χ0v) is 18.3. The highest BCUT2D eigenvalue weighted by molar-refractivity contribution is 6.06. The van der Waals surface area contributed by atoms with Crippen molar-refractivity contribution in [3.63, 3.8) is 0 Å². The summed E-state index contributed by atoms with van der Waals surface area (Å²) >= 11 is 0. The van der Waals surface area contributed by atoms with Crippen LogP contribution in [0, 0.1) is 19.8 Å². The second kappa shape index (κ2) is 7.81. The van der Waals surface area contributed by atoms with Gasteiger partial charge in [0.15, 0.2) is 17.1 Å². The predicted octanol–water partition coefficient (Wildman–Crippen LogP) is 2.80. The van der Waals surface area contributed by atoms with Crippen molar-refractivity contribution >= 4 is 28.5 Å². The van der Waals surface area contributed by atoms with Gasteiger partial charge in [0.2, 0.25) is 12.7 Å². The molecule has 0 atom stereocenters. The maximum absolute atomic E-state index is 13.3. The average Bonchev–Trinajstić information content (AvgIpc) is 3.36. The number of aryl methyl sites for hydroxylation is 3. The second-order valence-corrected chi connectivity index (χ2v) is 8.34. The summed E-state index contributed by atoms with van der Waals surface area (Å²) in [4.78, 5) is 32.5. The molecular formula is C23H25N5O4. The van der Waals surface area contributed by atoms with Crippen molar-refractivity contribution in [2.75, 3.05) is 25.2 Å². The van der Waals surface area contributed by atoms with Crippen molar-refractivity contribution in [1.29, 1.82) is 0 Å². The van der Waals surface area contributed by atoms with Gasteiger partial charge >= 0.3 is 0 Å². The van der Waals surface area contributed by atoms with Crippen LogP contribution in [0.3, 0.4) is 0 Å². The number of fused-ring (bicyclic) bond motifs is 2. The number of likely N-dealkylation sites (tertiary alicyclic amines) is 1. The molecule has 1 N–H and O–H groups in total. The molecule has 0 bridgehead atoms. The molecule has 0 spiro atoms. The molecule has 9 nitrogen and oxygen atoms in total. The quantitative estimate of drug-likeness (QED) is 0.679. The number of ether oxygens (including phenoxy) is 2. The van der Waals surface area contributed by atoms with E-state index in [-0.39, 0.29) is 24.5 Å². The number of pyridine rings is 1. The second-order valence-electron chi connectivity index (χ2n) is 8.34. The van der Waals surface area contributed by atoms with Gasteiger partial charge in [-0.15, -0.1) is 0 Å². The van der Waals surface area contributed by atoms with Crippen LogP contribution >= 0.6 is 0 Å². The van der Waals surface area contributed by atoms with Crippen LogP contribution in [0.4, 0.5) is 5.69 Å². The fourth-order valence-corrected chi connectivity index (χ4v) is 4.47. The van der Waals surface area contributed by atoms with E-state index in [1.54, 1.807) is 22.9 Å². The summed E-state index contributed by atoms with van der Waals surface area (Å²) in [5.74, 6) is 1.09. The first-order valence-corrected chi connectivity index (χ1v) is 10.7. The Morgan fingerprint density at radius 3 is 2.62 bits per heavy atom. The van der Waals surface area contributed by atoms with Gasteiger partial charge in [-0.05, 0) is 44.9 Å². The van der Waals surface area contributed by atoms with Crippen molar-refractivity contribution < 1.29 is 19.1 Å². The van der Waals surface area contributed by atoms with Crippen LogP contribution in [-0.4, -0.2) is 51.4 Å². The minimum atomic E-state index is -0.149. The third-order valence-electron chi connectivity index (χ3n) is 6.12. The Kier molecular flexibility index (Phi) is 4.96. The lowest BCUT2D eigenvalue weighted by molar-refractivity contribution is -0.121. The molecule has 0 saturated carbocycles. The highest BCUT2D eigenvalue weighted by atomic mass is 16.7. The average molecular weight is 435 g/mol. The van der Waals surface area contributed by atoms with Gasteiger partial charge in [-0.25, -0.2) is 4.98 Å². The molecule has 9 heteroatoms. The number of hydrogen-bond acceptors (Lipinski definition) is 6. The van der Waals surface area contributed by atoms with Gasteiger partial charge in [-0.3, -0.25) is 14.3 Å².